The molecule has 0 aliphatic rings. The first-order valence-electron chi connectivity index (χ1n) is 10.7. The molecule has 0 fully saturated rings. The predicted octanol–water partition coefficient (Wildman–Crippen LogP) is 7.62. The van der Waals surface area contributed by atoms with E-state index in [4.69, 9.17) is 9.47 Å². The van der Waals surface area contributed by atoms with Crippen LogP contribution in [0.15, 0.2) is 71.2 Å². The highest BCUT2D eigenvalue weighted by molar-refractivity contribution is 9.10. The van der Waals surface area contributed by atoms with E-state index >= 15 is 0 Å². The third-order valence-electron chi connectivity index (χ3n) is 5.00. The minimum absolute atomic E-state index is 0. The van der Waals surface area contributed by atoms with Crippen molar-refractivity contribution in [3.05, 3.63) is 93.7 Å². The van der Waals surface area contributed by atoms with Gasteiger partial charge in [-0.25, -0.2) is 4.39 Å². The fraction of sp³-hybridized carbons (Fsp3) is 0.308. The molecular formula is C26H30BrClFNO2. The van der Waals surface area contributed by atoms with Gasteiger partial charge in [-0.2, -0.15) is 0 Å². The van der Waals surface area contributed by atoms with Gasteiger partial charge in [0.2, 0.25) is 0 Å². The first kappa shape index (κ1) is 26.2. The van der Waals surface area contributed by atoms with Crippen LogP contribution in [-0.4, -0.2) is 6.61 Å². The molecule has 0 aromatic heterocycles. The Bertz CT molecular complexity index is 954. The van der Waals surface area contributed by atoms with Crippen molar-refractivity contribution in [2.75, 3.05) is 6.61 Å². The molecule has 3 aromatic carbocycles. The van der Waals surface area contributed by atoms with Gasteiger partial charge in [0.05, 0.1) is 11.1 Å². The van der Waals surface area contributed by atoms with Crippen LogP contribution in [0.2, 0.25) is 0 Å². The van der Waals surface area contributed by atoms with Crippen molar-refractivity contribution in [3.8, 4) is 11.5 Å². The molecule has 0 aliphatic carbocycles. The Morgan fingerprint density at radius 3 is 2.31 bits per heavy atom. The zero-order valence-corrected chi connectivity index (χ0v) is 20.8. The van der Waals surface area contributed by atoms with Crippen molar-refractivity contribution in [1.82, 2.24) is 5.32 Å². The largest absolute Gasteiger partial charge is 0.490 e. The highest BCUT2D eigenvalue weighted by Gasteiger charge is 2.15. The summed E-state index contributed by atoms with van der Waals surface area (Å²) in [6, 6.07) is 21.2. The quantitative estimate of drug-likeness (QED) is 0.281. The molecule has 0 amide bonds. The van der Waals surface area contributed by atoms with Gasteiger partial charge in [-0.15, -0.1) is 12.4 Å². The van der Waals surface area contributed by atoms with Crippen molar-refractivity contribution in [2.24, 2.45) is 0 Å². The van der Waals surface area contributed by atoms with E-state index in [-0.39, 0.29) is 18.2 Å². The summed E-state index contributed by atoms with van der Waals surface area (Å²) in [5, 5.41) is 3.68. The number of nitrogens with one attached hydrogen (secondary N) is 1. The molecule has 0 aliphatic heterocycles. The normalized spacial score (nSPS) is 11.5. The highest BCUT2D eigenvalue weighted by Crippen LogP contribution is 2.37. The van der Waals surface area contributed by atoms with Crippen molar-refractivity contribution < 1.29 is 13.9 Å². The number of hydrogen-bond acceptors (Lipinski definition) is 3. The van der Waals surface area contributed by atoms with Crippen LogP contribution in [0.4, 0.5) is 4.39 Å². The van der Waals surface area contributed by atoms with Gasteiger partial charge in [-0.05, 0) is 70.2 Å². The zero-order valence-electron chi connectivity index (χ0n) is 18.4. The van der Waals surface area contributed by atoms with Gasteiger partial charge in [-0.3, -0.25) is 0 Å². The summed E-state index contributed by atoms with van der Waals surface area (Å²) < 4.78 is 25.9. The lowest BCUT2D eigenvalue weighted by atomic mass is 10.0. The summed E-state index contributed by atoms with van der Waals surface area (Å²) in [6.45, 7) is 5.75. The van der Waals surface area contributed by atoms with E-state index < -0.39 is 0 Å². The molecule has 3 aromatic rings. The number of halogens is 3. The summed E-state index contributed by atoms with van der Waals surface area (Å²) in [6.07, 6.45) is 2.18. The van der Waals surface area contributed by atoms with Crippen molar-refractivity contribution >= 4 is 28.3 Å². The molecule has 32 heavy (non-hydrogen) atoms. The number of ether oxygens (including phenoxy) is 2. The van der Waals surface area contributed by atoms with Gasteiger partial charge in [0.25, 0.3) is 0 Å². The minimum atomic E-state index is -0.256. The van der Waals surface area contributed by atoms with Crippen molar-refractivity contribution in [1.29, 1.82) is 0 Å². The second-order valence-corrected chi connectivity index (χ2v) is 8.24. The Hall–Kier alpha value is -2.08. The second kappa shape index (κ2) is 13.5. The summed E-state index contributed by atoms with van der Waals surface area (Å²) in [7, 11) is 0. The molecule has 1 N–H and O–H groups in total. The van der Waals surface area contributed by atoms with Gasteiger partial charge < -0.3 is 14.8 Å². The lowest BCUT2D eigenvalue weighted by Gasteiger charge is -2.20. The van der Waals surface area contributed by atoms with E-state index in [1.54, 1.807) is 12.1 Å². The van der Waals surface area contributed by atoms with Gasteiger partial charge in [0, 0.05) is 12.6 Å². The summed E-state index contributed by atoms with van der Waals surface area (Å²) in [5.74, 6) is 1.10. The molecule has 1 atom stereocenters. The molecule has 0 spiro atoms. The highest BCUT2D eigenvalue weighted by atomic mass is 79.9. The lowest BCUT2D eigenvalue weighted by molar-refractivity contribution is 0.267. The topological polar surface area (TPSA) is 30.5 Å². The molecule has 6 heteroatoms. The Labute approximate surface area is 204 Å². The Balaban J connectivity index is 0.00000363. The summed E-state index contributed by atoms with van der Waals surface area (Å²) in [5.41, 5.74) is 3.31. The molecule has 0 saturated heterocycles. The van der Waals surface area contributed by atoms with E-state index in [0.717, 1.165) is 35.0 Å². The van der Waals surface area contributed by atoms with Crippen LogP contribution in [0.1, 0.15) is 49.4 Å². The standard InChI is InChI=1S/C26H29BrFNO2.ClH/c1-3-8-24(21-9-6-5-7-10-21)29-17-20-15-23(27)26(25(16-20)30-4-2)31-18-19-11-13-22(28)14-12-19;/h5-7,9-16,24,29H,3-4,8,17-18H2,1-2H3;1H. The molecule has 0 saturated carbocycles. The van der Waals surface area contributed by atoms with E-state index in [9.17, 15) is 4.39 Å². The SMILES string of the molecule is CCCC(NCc1cc(Br)c(OCc2ccc(F)cc2)c(OCC)c1)c1ccccc1.Cl. The minimum Gasteiger partial charge on any atom is -0.490 e. The molecule has 3 rings (SSSR count). The number of hydrogen-bond donors (Lipinski definition) is 1. The lowest BCUT2D eigenvalue weighted by Crippen LogP contribution is -2.21. The maximum atomic E-state index is 13.1. The number of rotatable bonds is 11. The maximum Gasteiger partial charge on any atom is 0.175 e. The average molecular weight is 523 g/mol. The van der Waals surface area contributed by atoms with E-state index in [2.05, 4.69) is 58.5 Å². The van der Waals surface area contributed by atoms with Crippen LogP contribution >= 0.6 is 28.3 Å². The van der Waals surface area contributed by atoms with Crippen LogP contribution in [0.3, 0.4) is 0 Å². The average Bonchev–Trinajstić information content (AvgIpc) is 2.78. The molecule has 1 unspecified atom stereocenters. The summed E-state index contributed by atoms with van der Waals surface area (Å²) in [4.78, 5) is 0. The van der Waals surface area contributed by atoms with Crippen molar-refractivity contribution in [3.63, 3.8) is 0 Å². The third kappa shape index (κ3) is 7.51. The maximum absolute atomic E-state index is 13.1. The second-order valence-electron chi connectivity index (χ2n) is 7.39. The fourth-order valence-corrected chi connectivity index (χ4v) is 4.07. The molecule has 0 bridgehead atoms. The van der Waals surface area contributed by atoms with E-state index in [0.29, 0.717) is 30.8 Å². The smallest absolute Gasteiger partial charge is 0.175 e. The first-order valence-corrected chi connectivity index (χ1v) is 11.5. The Morgan fingerprint density at radius 2 is 1.66 bits per heavy atom. The first-order chi connectivity index (χ1) is 15.1. The van der Waals surface area contributed by atoms with E-state index in [1.165, 1.54) is 17.7 Å². The van der Waals surface area contributed by atoms with Crippen LogP contribution in [0, 0.1) is 5.82 Å². The zero-order chi connectivity index (χ0) is 22.1. The van der Waals surface area contributed by atoms with Gasteiger partial charge in [0.15, 0.2) is 11.5 Å². The molecule has 0 heterocycles. The van der Waals surface area contributed by atoms with Crippen LogP contribution < -0.4 is 14.8 Å². The Kier molecular flexibility index (Phi) is 11.0. The van der Waals surface area contributed by atoms with E-state index in [1.807, 2.05) is 19.1 Å². The van der Waals surface area contributed by atoms with Crippen LogP contribution in [0.5, 0.6) is 11.5 Å². The molecular weight excluding hydrogens is 493 g/mol. The fourth-order valence-electron chi connectivity index (χ4n) is 3.46. The number of benzene rings is 3. The molecule has 3 nitrogen and oxygen atoms in total. The van der Waals surface area contributed by atoms with Gasteiger partial charge >= 0.3 is 0 Å². The predicted molar refractivity (Wildman–Crippen MR) is 134 cm³/mol. The Morgan fingerprint density at radius 1 is 0.938 bits per heavy atom. The third-order valence-corrected chi connectivity index (χ3v) is 5.59. The summed E-state index contributed by atoms with van der Waals surface area (Å²) >= 11 is 3.64. The van der Waals surface area contributed by atoms with Crippen LogP contribution in [0.25, 0.3) is 0 Å². The van der Waals surface area contributed by atoms with Crippen LogP contribution in [-0.2, 0) is 13.2 Å². The molecule has 0 radical (unpaired) electrons. The van der Waals surface area contributed by atoms with Gasteiger partial charge in [-0.1, -0.05) is 55.8 Å². The monoisotopic (exact) mass is 521 g/mol. The van der Waals surface area contributed by atoms with Crippen molar-refractivity contribution in [2.45, 2.75) is 45.9 Å². The molecule has 172 valence electrons. The van der Waals surface area contributed by atoms with Gasteiger partial charge in [0.1, 0.15) is 12.4 Å².